The maximum absolute atomic E-state index is 13.0. The molecule has 0 fully saturated rings. The minimum atomic E-state index is 0.0542. The second-order valence-corrected chi connectivity index (χ2v) is 6.48. The molecule has 0 aliphatic carbocycles. The van der Waals surface area contributed by atoms with Crippen LogP contribution in [0.1, 0.15) is 73.6 Å². The number of aryl methyl sites for hydroxylation is 1. The van der Waals surface area contributed by atoms with Gasteiger partial charge in [-0.2, -0.15) is 0 Å². The topological polar surface area (TPSA) is 48.0 Å². The van der Waals surface area contributed by atoms with Crippen molar-refractivity contribution in [3.05, 3.63) is 52.8 Å². The number of benzene rings is 1. The zero-order valence-corrected chi connectivity index (χ0v) is 15.3. The molecule has 130 valence electrons. The summed E-state index contributed by atoms with van der Waals surface area (Å²) in [6, 6.07) is 7.22. The largest absolute Gasteiger partial charge is 0.399 e. The van der Waals surface area contributed by atoms with Gasteiger partial charge < -0.3 is 5.73 Å². The van der Waals surface area contributed by atoms with Crippen LogP contribution in [0.5, 0.6) is 0 Å². The van der Waals surface area contributed by atoms with E-state index in [1.165, 1.54) is 29.7 Å². The van der Waals surface area contributed by atoms with Gasteiger partial charge in [0.2, 0.25) is 0 Å². The lowest BCUT2D eigenvalue weighted by atomic mass is 10.00. The fourth-order valence-corrected chi connectivity index (χ4v) is 3.23. The van der Waals surface area contributed by atoms with E-state index in [1.807, 2.05) is 16.7 Å². The fraction of sp³-hybridized carbons (Fsp3) is 0.476. The lowest BCUT2D eigenvalue weighted by Crippen LogP contribution is -2.14. The van der Waals surface area contributed by atoms with Crippen molar-refractivity contribution in [1.29, 1.82) is 0 Å². The lowest BCUT2D eigenvalue weighted by Gasteiger charge is -2.10. The summed E-state index contributed by atoms with van der Waals surface area (Å²) in [4.78, 5) is 13.0. The van der Waals surface area contributed by atoms with Crippen LogP contribution >= 0.6 is 0 Å². The third-order valence-corrected chi connectivity index (χ3v) is 4.47. The van der Waals surface area contributed by atoms with E-state index in [0.29, 0.717) is 11.3 Å². The third-order valence-electron chi connectivity index (χ3n) is 4.47. The van der Waals surface area contributed by atoms with Crippen LogP contribution in [0.25, 0.3) is 0 Å². The monoisotopic (exact) mass is 326 g/mol. The zero-order valence-electron chi connectivity index (χ0n) is 15.3. The second kappa shape index (κ2) is 8.72. The van der Waals surface area contributed by atoms with Gasteiger partial charge in [0.15, 0.2) is 0 Å². The molecule has 0 radical (unpaired) electrons. The number of nitrogens with two attached hydrogens (primary N) is 1. The highest BCUT2D eigenvalue weighted by Gasteiger charge is 2.19. The number of nitrogen functional groups attached to an aromatic ring is 1. The molecule has 1 heterocycles. The van der Waals surface area contributed by atoms with Crippen LogP contribution < -0.4 is 5.73 Å². The second-order valence-electron chi connectivity index (χ2n) is 6.48. The van der Waals surface area contributed by atoms with Gasteiger partial charge in [0.05, 0.1) is 0 Å². The zero-order chi connectivity index (χ0) is 17.5. The number of aromatic nitrogens is 1. The number of carbonyl (C=O) groups excluding carboxylic acids is 1. The predicted molar refractivity (Wildman–Crippen MR) is 102 cm³/mol. The van der Waals surface area contributed by atoms with Gasteiger partial charge in [-0.05, 0) is 61.1 Å². The molecule has 0 amide bonds. The Morgan fingerprint density at radius 2 is 1.62 bits per heavy atom. The summed E-state index contributed by atoms with van der Waals surface area (Å²) in [5, 5.41) is 0. The van der Waals surface area contributed by atoms with E-state index in [0.717, 1.165) is 32.1 Å². The number of nitrogens with zero attached hydrogens (tertiary/aromatic N) is 1. The van der Waals surface area contributed by atoms with Gasteiger partial charge in [0, 0.05) is 23.1 Å². The van der Waals surface area contributed by atoms with Gasteiger partial charge in [-0.15, -0.1) is 0 Å². The Hall–Kier alpha value is -2.03. The maximum atomic E-state index is 13.0. The van der Waals surface area contributed by atoms with Crippen LogP contribution in [-0.4, -0.2) is 10.5 Å². The molecule has 1 aromatic heterocycles. The Kier molecular flexibility index (Phi) is 6.65. The van der Waals surface area contributed by atoms with Crippen LogP contribution in [0.15, 0.2) is 30.5 Å². The van der Waals surface area contributed by atoms with E-state index in [1.54, 1.807) is 12.1 Å². The molecule has 0 spiro atoms. The minimum Gasteiger partial charge on any atom is -0.399 e. The number of hydrogen-bond acceptors (Lipinski definition) is 2. The van der Waals surface area contributed by atoms with Crippen molar-refractivity contribution >= 4 is 11.6 Å². The molecule has 2 N–H and O–H groups in total. The van der Waals surface area contributed by atoms with Crippen LogP contribution in [-0.2, 0) is 19.3 Å². The molecule has 3 nitrogen and oxygen atoms in total. The Morgan fingerprint density at radius 1 is 0.958 bits per heavy atom. The maximum Gasteiger partial charge on any atom is 0.262 e. The standard InChI is InChI=1S/C21H30N2O/c1-4-7-10-17-15-23(20(9-6-3)19(17)8-5-2)21(24)16-11-13-18(22)14-12-16/h11-15H,4-10,22H2,1-3H3. The first-order chi connectivity index (χ1) is 11.6. The van der Waals surface area contributed by atoms with Crippen LogP contribution in [0.2, 0.25) is 0 Å². The van der Waals surface area contributed by atoms with Crippen molar-refractivity contribution in [2.45, 2.75) is 65.7 Å². The smallest absolute Gasteiger partial charge is 0.262 e. The Bertz CT molecular complexity index is 668. The van der Waals surface area contributed by atoms with E-state index in [9.17, 15) is 4.79 Å². The Balaban J connectivity index is 2.46. The van der Waals surface area contributed by atoms with E-state index in [2.05, 4.69) is 27.0 Å². The molecular weight excluding hydrogens is 296 g/mol. The number of hydrogen-bond donors (Lipinski definition) is 1. The van der Waals surface area contributed by atoms with E-state index in [-0.39, 0.29) is 5.91 Å². The summed E-state index contributed by atoms with van der Waals surface area (Å²) < 4.78 is 1.89. The van der Waals surface area contributed by atoms with Crippen molar-refractivity contribution < 1.29 is 4.79 Å². The average molecular weight is 326 g/mol. The van der Waals surface area contributed by atoms with Gasteiger partial charge in [0.1, 0.15) is 0 Å². The quantitative estimate of drug-likeness (QED) is 0.693. The molecule has 2 aromatic rings. The highest BCUT2D eigenvalue weighted by atomic mass is 16.2. The molecule has 0 aliphatic heterocycles. The Morgan fingerprint density at radius 3 is 2.21 bits per heavy atom. The molecule has 0 aliphatic rings. The minimum absolute atomic E-state index is 0.0542. The van der Waals surface area contributed by atoms with Gasteiger partial charge in [0.25, 0.3) is 5.91 Å². The predicted octanol–water partition coefficient (Wildman–Crippen LogP) is 5.01. The number of rotatable bonds is 8. The molecule has 0 bridgehead atoms. The van der Waals surface area contributed by atoms with Crippen LogP contribution in [0.3, 0.4) is 0 Å². The average Bonchev–Trinajstić information content (AvgIpc) is 2.92. The van der Waals surface area contributed by atoms with Crippen LogP contribution in [0.4, 0.5) is 5.69 Å². The molecule has 3 heteroatoms. The first-order valence-corrected chi connectivity index (χ1v) is 9.24. The van der Waals surface area contributed by atoms with E-state index < -0.39 is 0 Å². The highest BCUT2D eigenvalue weighted by molar-refractivity contribution is 5.97. The van der Waals surface area contributed by atoms with Crippen molar-refractivity contribution in [3.63, 3.8) is 0 Å². The molecule has 0 unspecified atom stereocenters. The normalized spacial score (nSPS) is 11.0. The summed E-state index contributed by atoms with van der Waals surface area (Å²) in [5.74, 6) is 0.0542. The third kappa shape index (κ3) is 4.08. The molecule has 0 saturated carbocycles. The summed E-state index contributed by atoms with van der Waals surface area (Å²) in [7, 11) is 0. The molecule has 1 aromatic carbocycles. The van der Waals surface area contributed by atoms with E-state index >= 15 is 0 Å². The fourth-order valence-electron chi connectivity index (χ4n) is 3.23. The van der Waals surface area contributed by atoms with Gasteiger partial charge >= 0.3 is 0 Å². The number of unbranched alkanes of at least 4 members (excludes halogenated alkanes) is 1. The highest BCUT2D eigenvalue weighted by Crippen LogP contribution is 2.24. The SMILES string of the molecule is CCCCc1cn(C(=O)c2ccc(N)cc2)c(CCC)c1CCC. The number of anilines is 1. The molecule has 0 saturated heterocycles. The van der Waals surface area contributed by atoms with Crippen molar-refractivity contribution in [3.8, 4) is 0 Å². The first kappa shape index (κ1) is 18.3. The summed E-state index contributed by atoms with van der Waals surface area (Å²) in [5.41, 5.74) is 11.1. The molecule has 0 atom stereocenters. The summed E-state index contributed by atoms with van der Waals surface area (Å²) in [6.07, 6.45) is 9.64. The van der Waals surface area contributed by atoms with Crippen molar-refractivity contribution in [2.24, 2.45) is 0 Å². The van der Waals surface area contributed by atoms with Crippen molar-refractivity contribution in [2.75, 3.05) is 5.73 Å². The lowest BCUT2D eigenvalue weighted by molar-refractivity contribution is 0.0957. The molecule has 2 rings (SSSR count). The van der Waals surface area contributed by atoms with Crippen molar-refractivity contribution in [1.82, 2.24) is 4.57 Å². The summed E-state index contributed by atoms with van der Waals surface area (Å²) in [6.45, 7) is 6.59. The van der Waals surface area contributed by atoms with Gasteiger partial charge in [-0.1, -0.05) is 40.0 Å². The van der Waals surface area contributed by atoms with Crippen LogP contribution in [0, 0.1) is 0 Å². The summed E-state index contributed by atoms with van der Waals surface area (Å²) >= 11 is 0. The number of carbonyl (C=O) groups is 1. The molecule has 24 heavy (non-hydrogen) atoms. The Labute approximate surface area is 145 Å². The first-order valence-electron chi connectivity index (χ1n) is 9.24. The van der Waals surface area contributed by atoms with Gasteiger partial charge in [-0.25, -0.2) is 0 Å². The van der Waals surface area contributed by atoms with Gasteiger partial charge in [-0.3, -0.25) is 9.36 Å². The molecular formula is C21H30N2O. The van der Waals surface area contributed by atoms with E-state index in [4.69, 9.17) is 5.73 Å².